The van der Waals surface area contributed by atoms with Gasteiger partial charge in [-0.1, -0.05) is 12.1 Å². The molecule has 0 saturated carbocycles. The van der Waals surface area contributed by atoms with Gasteiger partial charge in [-0.05, 0) is 36.6 Å². The van der Waals surface area contributed by atoms with Gasteiger partial charge in [0.15, 0.2) is 0 Å². The normalized spacial score (nSPS) is 18.6. The highest BCUT2D eigenvalue weighted by atomic mass is 19.4. The zero-order valence-corrected chi connectivity index (χ0v) is 18.1. The van der Waals surface area contributed by atoms with Crippen molar-refractivity contribution >= 4 is 11.8 Å². The van der Waals surface area contributed by atoms with E-state index < -0.39 is 6.36 Å². The molecule has 0 radical (unpaired) electrons. The maximum atomic E-state index is 12.5. The molecule has 0 amide bonds. The van der Waals surface area contributed by atoms with Gasteiger partial charge < -0.3 is 19.3 Å². The van der Waals surface area contributed by atoms with Crippen LogP contribution in [-0.4, -0.2) is 73.7 Å². The average molecular weight is 451 g/mol. The third kappa shape index (κ3) is 6.01. The summed E-state index contributed by atoms with van der Waals surface area (Å²) in [5.74, 6) is 1.46. The number of anilines is 2. The van der Waals surface area contributed by atoms with Crippen LogP contribution >= 0.6 is 0 Å². The van der Waals surface area contributed by atoms with E-state index in [1.54, 1.807) is 12.3 Å². The van der Waals surface area contributed by atoms with E-state index in [2.05, 4.69) is 31.5 Å². The van der Waals surface area contributed by atoms with Crippen LogP contribution in [0, 0.1) is 0 Å². The smallest absolute Gasteiger partial charge is 0.406 e. The lowest BCUT2D eigenvalue weighted by Gasteiger charge is -2.37. The molecule has 2 fully saturated rings. The predicted molar refractivity (Wildman–Crippen MR) is 115 cm³/mol. The number of ether oxygens (including phenoxy) is 2. The maximum Gasteiger partial charge on any atom is 0.573 e. The van der Waals surface area contributed by atoms with Gasteiger partial charge in [0.1, 0.15) is 11.6 Å². The summed E-state index contributed by atoms with van der Waals surface area (Å²) in [6.45, 7) is 5.28. The summed E-state index contributed by atoms with van der Waals surface area (Å²) in [5.41, 5.74) is 0.810. The van der Waals surface area contributed by atoms with Gasteiger partial charge in [-0.25, -0.2) is 4.98 Å². The quantitative estimate of drug-likeness (QED) is 0.668. The van der Waals surface area contributed by atoms with Crippen LogP contribution in [-0.2, 0) is 11.3 Å². The topological polar surface area (TPSA) is 54.0 Å². The molecule has 0 bridgehead atoms. The van der Waals surface area contributed by atoms with Gasteiger partial charge in [0.25, 0.3) is 0 Å². The van der Waals surface area contributed by atoms with E-state index in [1.807, 2.05) is 12.1 Å². The lowest BCUT2D eigenvalue weighted by atomic mass is 10.0. The molecular formula is C22H28F3N5O2. The second-order valence-electron chi connectivity index (χ2n) is 8.13. The van der Waals surface area contributed by atoms with Gasteiger partial charge in [0.2, 0.25) is 5.95 Å². The van der Waals surface area contributed by atoms with E-state index in [4.69, 9.17) is 9.72 Å². The molecule has 1 aromatic carbocycles. The number of rotatable bonds is 6. The fourth-order valence-corrected chi connectivity index (χ4v) is 4.20. The van der Waals surface area contributed by atoms with Crippen molar-refractivity contribution in [2.45, 2.75) is 31.8 Å². The number of nitrogens with zero attached hydrogens (tertiary/aromatic N) is 5. The Labute approximate surface area is 185 Å². The van der Waals surface area contributed by atoms with Crippen molar-refractivity contribution in [2.75, 3.05) is 56.2 Å². The Morgan fingerprint density at radius 2 is 1.88 bits per heavy atom. The SMILES string of the molecule is CN(c1ccnc(N2CCOCC2)n1)C1CCN(Cc2cccc(OC(F)(F)F)c2)CC1. The van der Waals surface area contributed by atoms with Crippen LogP contribution in [0.4, 0.5) is 24.9 Å². The van der Waals surface area contributed by atoms with Crippen molar-refractivity contribution in [3.05, 3.63) is 42.1 Å². The Balaban J connectivity index is 1.31. The van der Waals surface area contributed by atoms with Crippen molar-refractivity contribution in [1.82, 2.24) is 14.9 Å². The number of morpholine rings is 1. The molecule has 7 nitrogen and oxygen atoms in total. The van der Waals surface area contributed by atoms with Crippen LogP contribution in [0.2, 0.25) is 0 Å². The minimum atomic E-state index is -4.68. The number of aromatic nitrogens is 2. The molecule has 0 N–H and O–H groups in total. The molecule has 32 heavy (non-hydrogen) atoms. The van der Waals surface area contributed by atoms with Crippen LogP contribution in [0.5, 0.6) is 5.75 Å². The van der Waals surface area contributed by atoms with E-state index in [0.717, 1.165) is 56.4 Å². The van der Waals surface area contributed by atoms with Crippen molar-refractivity contribution < 1.29 is 22.6 Å². The molecule has 4 rings (SSSR count). The van der Waals surface area contributed by atoms with Crippen molar-refractivity contribution in [3.63, 3.8) is 0 Å². The molecule has 10 heteroatoms. The third-order valence-electron chi connectivity index (χ3n) is 5.93. The molecule has 0 spiro atoms. The molecule has 0 unspecified atom stereocenters. The summed E-state index contributed by atoms with van der Waals surface area (Å²) in [4.78, 5) is 15.8. The maximum absolute atomic E-state index is 12.5. The van der Waals surface area contributed by atoms with Gasteiger partial charge in [0, 0.05) is 52.0 Å². The number of likely N-dealkylation sites (tertiary alicyclic amines) is 1. The van der Waals surface area contributed by atoms with Crippen molar-refractivity contribution in [1.29, 1.82) is 0 Å². The number of benzene rings is 1. The van der Waals surface area contributed by atoms with Crippen LogP contribution in [0.1, 0.15) is 18.4 Å². The third-order valence-corrected chi connectivity index (χ3v) is 5.93. The van der Waals surface area contributed by atoms with E-state index in [-0.39, 0.29) is 5.75 Å². The van der Waals surface area contributed by atoms with Gasteiger partial charge in [-0.15, -0.1) is 13.2 Å². The van der Waals surface area contributed by atoms with Gasteiger partial charge in [-0.2, -0.15) is 4.98 Å². The highest BCUT2D eigenvalue weighted by Crippen LogP contribution is 2.26. The summed E-state index contributed by atoms with van der Waals surface area (Å²) in [6, 6.07) is 8.49. The Hall–Kier alpha value is -2.59. The van der Waals surface area contributed by atoms with Crippen LogP contribution in [0.15, 0.2) is 36.5 Å². The summed E-state index contributed by atoms with van der Waals surface area (Å²) >= 11 is 0. The van der Waals surface area contributed by atoms with Crippen molar-refractivity contribution in [3.8, 4) is 5.75 Å². The predicted octanol–water partition coefficient (Wildman–Crippen LogP) is 3.31. The molecule has 174 valence electrons. The minimum Gasteiger partial charge on any atom is -0.406 e. The fourth-order valence-electron chi connectivity index (χ4n) is 4.20. The molecule has 1 aromatic heterocycles. The van der Waals surface area contributed by atoms with E-state index >= 15 is 0 Å². The zero-order valence-electron chi connectivity index (χ0n) is 18.1. The number of hydrogen-bond donors (Lipinski definition) is 0. The van der Waals surface area contributed by atoms with Gasteiger partial charge in [0.05, 0.1) is 13.2 Å². The number of hydrogen-bond acceptors (Lipinski definition) is 7. The average Bonchev–Trinajstić information content (AvgIpc) is 2.79. The number of halogens is 3. The van der Waals surface area contributed by atoms with Gasteiger partial charge in [-0.3, -0.25) is 4.90 Å². The van der Waals surface area contributed by atoms with Crippen LogP contribution in [0.3, 0.4) is 0 Å². The fraction of sp³-hybridized carbons (Fsp3) is 0.545. The standard InChI is InChI=1S/C22H28F3N5O2/c1-28(20-5-8-26-21(27-20)30-11-13-31-14-12-30)18-6-9-29(10-7-18)16-17-3-2-4-19(15-17)32-22(23,24)25/h2-5,8,15,18H,6-7,9-14,16H2,1H3. The lowest BCUT2D eigenvalue weighted by Crippen LogP contribution is -2.43. The van der Waals surface area contributed by atoms with Gasteiger partial charge >= 0.3 is 6.36 Å². The Morgan fingerprint density at radius 1 is 1.12 bits per heavy atom. The molecule has 3 heterocycles. The van der Waals surface area contributed by atoms with Crippen LogP contribution < -0.4 is 14.5 Å². The molecule has 2 aliphatic heterocycles. The second-order valence-corrected chi connectivity index (χ2v) is 8.13. The Bertz CT molecular complexity index is 884. The molecule has 0 atom stereocenters. The summed E-state index contributed by atoms with van der Waals surface area (Å²) in [5, 5.41) is 0. The number of piperidine rings is 1. The van der Waals surface area contributed by atoms with Crippen LogP contribution in [0.25, 0.3) is 0 Å². The molecular weight excluding hydrogens is 423 g/mol. The minimum absolute atomic E-state index is 0.176. The molecule has 2 saturated heterocycles. The highest BCUT2D eigenvalue weighted by molar-refractivity contribution is 5.44. The van der Waals surface area contributed by atoms with E-state index in [9.17, 15) is 13.2 Å². The first-order valence-corrected chi connectivity index (χ1v) is 10.8. The first-order valence-electron chi connectivity index (χ1n) is 10.8. The van der Waals surface area contributed by atoms with Crippen molar-refractivity contribution in [2.24, 2.45) is 0 Å². The van der Waals surface area contributed by atoms with E-state index in [1.165, 1.54) is 12.1 Å². The summed E-state index contributed by atoms with van der Waals surface area (Å²) in [6.07, 6.45) is -0.975. The largest absolute Gasteiger partial charge is 0.573 e. The first-order chi connectivity index (χ1) is 15.4. The zero-order chi connectivity index (χ0) is 22.6. The Morgan fingerprint density at radius 3 is 2.59 bits per heavy atom. The molecule has 0 aliphatic carbocycles. The first kappa shape index (κ1) is 22.6. The van der Waals surface area contributed by atoms with E-state index in [0.29, 0.717) is 25.8 Å². The monoisotopic (exact) mass is 451 g/mol. The Kier molecular flexibility index (Phi) is 7.00. The molecule has 2 aromatic rings. The highest BCUT2D eigenvalue weighted by Gasteiger charge is 2.31. The summed E-state index contributed by atoms with van der Waals surface area (Å²) < 4.78 is 46.8. The lowest BCUT2D eigenvalue weighted by molar-refractivity contribution is -0.274. The second kappa shape index (κ2) is 9.91. The number of alkyl halides is 3. The summed E-state index contributed by atoms with van der Waals surface area (Å²) in [7, 11) is 2.06. The molecule has 2 aliphatic rings.